The second-order valence-corrected chi connectivity index (χ2v) is 5.97. The van der Waals surface area contributed by atoms with Crippen LogP contribution in [0.25, 0.3) is 10.9 Å². The summed E-state index contributed by atoms with van der Waals surface area (Å²) < 4.78 is 21.8. The summed E-state index contributed by atoms with van der Waals surface area (Å²) in [7, 11) is 6.37. The predicted octanol–water partition coefficient (Wildman–Crippen LogP) is 3.37. The minimum atomic E-state index is -0.157. The molecule has 2 aromatic heterocycles. The van der Waals surface area contributed by atoms with Gasteiger partial charge in [-0.2, -0.15) is 0 Å². The van der Waals surface area contributed by atoms with Gasteiger partial charge in [0.2, 0.25) is 5.75 Å². The van der Waals surface area contributed by atoms with E-state index in [9.17, 15) is 4.79 Å². The lowest BCUT2D eigenvalue weighted by molar-refractivity contribution is 0.0770. The quantitative estimate of drug-likeness (QED) is 0.731. The van der Waals surface area contributed by atoms with E-state index in [0.29, 0.717) is 35.0 Å². The van der Waals surface area contributed by atoms with Gasteiger partial charge in [0.15, 0.2) is 11.5 Å². The predicted molar refractivity (Wildman–Crippen MR) is 97.2 cm³/mol. The van der Waals surface area contributed by atoms with Crippen molar-refractivity contribution in [3.05, 3.63) is 41.5 Å². The molecule has 0 unspecified atom stereocenters. The number of aryl methyl sites for hydroxylation is 1. The number of aromatic nitrogens is 1. The maximum absolute atomic E-state index is 12.8. The summed E-state index contributed by atoms with van der Waals surface area (Å²) in [6.07, 6.45) is 0. The second-order valence-electron chi connectivity index (χ2n) is 5.97. The third-order valence-corrected chi connectivity index (χ3v) is 4.19. The number of carbonyl (C=O) groups is 1. The Hall–Kier alpha value is -3.09. The summed E-state index contributed by atoms with van der Waals surface area (Å²) in [5.41, 5.74) is 1.12. The van der Waals surface area contributed by atoms with Crippen molar-refractivity contribution in [2.45, 2.75) is 13.5 Å². The van der Waals surface area contributed by atoms with Gasteiger partial charge >= 0.3 is 0 Å². The zero-order chi connectivity index (χ0) is 18.8. The summed E-state index contributed by atoms with van der Waals surface area (Å²) in [4.78, 5) is 17.5. The number of aromatic amines is 1. The van der Waals surface area contributed by atoms with Gasteiger partial charge in [0, 0.05) is 12.4 Å². The number of ether oxygens (including phenoxy) is 3. The molecule has 0 aliphatic carbocycles. The van der Waals surface area contributed by atoms with Crippen molar-refractivity contribution in [2.75, 3.05) is 28.4 Å². The molecule has 7 nitrogen and oxygen atoms in total. The molecule has 138 valence electrons. The molecule has 26 heavy (non-hydrogen) atoms. The van der Waals surface area contributed by atoms with Gasteiger partial charge in [-0.15, -0.1) is 0 Å². The van der Waals surface area contributed by atoms with Gasteiger partial charge in [-0.3, -0.25) is 4.79 Å². The van der Waals surface area contributed by atoms with E-state index in [1.165, 1.54) is 0 Å². The van der Waals surface area contributed by atoms with Crippen LogP contribution in [0.15, 0.2) is 28.7 Å². The maximum Gasteiger partial charge on any atom is 0.270 e. The first-order valence-electron chi connectivity index (χ1n) is 8.11. The van der Waals surface area contributed by atoms with E-state index in [1.807, 2.05) is 19.1 Å². The monoisotopic (exact) mass is 358 g/mol. The molecule has 0 aliphatic rings. The summed E-state index contributed by atoms with van der Waals surface area (Å²) in [6, 6.07) is 7.31. The molecule has 0 atom stereocenters. The van der Waals surface area contributed by atoms with Gasteiger partial charge in [0.05, 0.1) is 33.4 Å². The molecule has 0 saturated carbocycles. The van der Waals surface area contributed by atoms with Gasteiger partial charge in [-0.1, -0.05) is 0 Å². The lowest BCUT2D eigenvalue weighted by Gasteiger charge is -2.14. The number of methoxy groups -OCH3 is 3. The van der Waals surface area contributed by atoms with Crippen LogP contribution in [-0.4, -0.2) is 44.2 Å². The van der Waals surface area contributed by atoms with Crippen LogP contribution < -0.4 is 14.2 Å². The number of hydrogen-bond acceptors (Lipinski definition) is 5. The molecular weight excluding hydrogens is 336 g/mol. The van der Waals surface area contributed by atoms with E-state index in [2.05, 4.69) is 4.98 Å². The first-order chi connectivity index (χ1) is 12.5. The Balaban J connectivity index is 1.96. The van der Waals surface area contributed by atoms with E-state index in [4.69, 9.17) is 18.6 Å². The highest BCUT2D eigenvalue weighted by Gasteiger charge is 2.21. The van der Waals surface area contributed by atoms with Crippen LogP contribution in [-0.2, 0) is 6.54 Å². The van der Waals surface area contributed by atoms with Crippen molar-refractivity contribution >= 4 is 16.8 Å². The molecule has 0 saturated heterocycles. The fourth-order valence-corrected chi connectivity index (χ4v) is 2.94. The van der Waals surface area contributed by atoms with Crippen LogP contribution in [0.1, 0.15) is 22.0 Å². The maximum atomic E-state index is 12.8. The summed E-state index contributed by atoms with van der Waals surface area (Å²) in [5.74, 6) is 2.89. The summed E-state index contributed by atoms with van der Waals surface area (Å²) in [5, 5.41) is 0.796. The first-order valence-corrected chi connectivity index (χ1v) is 8.11. The van der Waals surface area contributed by atoms with E-state index in [0.717, 1.165) is 16.9 Å². The van der Waals surface area contributed by atoms with Crippen LogP contribution in [0.5, 0.6) is 17.2 Å². The minimum Gasteiger partial charge on any atom is -0.493 e. The molecule has 0 bridgehead atoms. The molecular formula is C19H22N2O5. The number of benzene rings is 1. The molecule has 0 radical (unpaired) electrons. The fraction of sp³-hybridized carbons (Fsp3) is 0.316. The Morgan fingerprint density at radius 1 is 1.12 bits per heavy atom. The smallest absolute Gasteiger partial charge is 0.270 e. The highest BCUT2D eigenvalue weighted by molar-refractivity contribution is 6.00. The number of H-pyrrole nitrogens is 1. The first kappa shape index (κ1) is 17.7. The van der Waals surface area contributed by atoms with Crippen molar-refractivity contribution in [3.63, 3.8) is 0 Å². The Kier molecular flexibility index (Phi) is 4.79. The largest absolute Gasteiger partial charge is 0.493 e. The van der Waals surface area contributed by atoms with Crippen LogP contribution in [0, 0.1) is 6.92 Å². The Labute approximate surface area is 151 Å². The average Bonchev–Trinajstić information content (AvgIpc) is 3.24. The highest BCUT2D eigenvalue weighted by Crippen LogP contribution is 2.43. The summed E-state index contributed by atoms with van der Waals surface area (Å²) in [6.45, 7) is 2.25. The summed E-state index contributed by atoms with van der Waals surface area (Å²) >= 11 is 0. The van der Waals surface area contributed by atoms with E-state index in [1.54, 1.807) is 45.4 Å². The number of nitrogens with one attached hydrogen (secondary N) is 1. The van der Waals surface area contributed by atoms with Crippen LogP contribution in [0.2, 0.25) is 0 Å². The SMILES string of the molecule is COc1cc2cc(C(=O)N(C)Cc3ccc(C)o3)[nH]c2c(OC)c1OC. The number of carbonyl (C=O) groups excluding carboxylic acids is 1. The molecule has 7 heteroatoms. The topological polar surface area (TPSA) is 76.9 Å². The minimum absolute atomic E-state index is 0.157. The van der Waals surface area contributed by atoms with Gasteiger partial charge in [-0.05, 0) is 31.2 Å². The van der Waals surface area contributed by atoms with Crippen molar-refractivity contribution in [1.29, 1.82) is 0 Å². The molecule has 1 amide bonds. The van der Waals surface area contributed by atoms with Gasteiger partial charge in [0.25, 0.3) is 5.91 Å². The highest BCUT2D eigenvalue weighted by atomic mass is 16.5. The third-order valence-electron chi connectivity index (χ3n) is 4.19. The molecule has 0 fully saturated rings. The molecule has 2 heterocycles. The Morgan fingerprint density at radius 2 is 1.85 bits per heavy atom. The van der Waals surface area contributed by atoms with E-state index >= 15 is 0 Å². The number of rotatable bonds is 6. The molecule has 3 rings (SSSR count). The van der Waals surface area contributed by atoms with E-state index < -0.39 is 0 Å². The van der Waals surface area contributed by atoms with Gasteiger partial charge in [0.1, 0.15) is 17.2 Å². The Morgan fingerprint density at radius 3 is 2.42 bits per heavy atom. The number of nitrogens with zero attached hydrogens (tertiary/aromatic N) is 1. The molecule has 0 spiro atoms. The number of hydrogen-bond donors (Lipinski definition) is 1. The molecule has 1 N–H and O–H groups in total. The average molecular weight is 358 g/mol. The van der Waals surface area contributed by atoms with Crippen molar-refractivity contribution in [2.24, 2.45) is 0 Å². The molecule has 3 aromatic rings. The van der Waals surface area contributed by atoms with Crippen molar-refractivity contribution in [1.82, 2.24) is 9.88 Å². The standard InChI is InChI=1S/C19H22N2O5/c1-11-6-7-13(26-11)10-21(2)19(22)14-8-12-9-15(23-3)17(24-4)18(25-5)16(12)20-14/h6-9,20H,10H2,1-5H3. The van der Waals surface area contributed by atoms with Crippen LogP contribution >= 0.6 is 0 Å². The van der Waals surface area contributed by atoms with Gasteiger partial charge in [-0.25, -0.2) is 0 Å². The van der Waals surface area contributed by atoms with Gasteiger partial charge < -0.3 is 28.5 Å². The molecule has 1 aromatic carbocycles. The second kappa shape index (κ2) is 7.03. The zero-order valence-electron chi connectivity index (χ0n) is 15.5. The Bertz CT molecular complexity index is 941. The number of furan rings is 1. The number of fused-ring (bicyclic) bond motifs is 1. The van der Waals surface area contributed by atoms with Crippen LogP contribution in [0.4, 0.5) is 0 Å². The molecule has 0 aliphatic heterocycles. The fourth-order valence-electron chi connectivity index (χ4n) is 2.94. The van der Waals surface area contributed by atoms with E-state index in [-0.39, 0.29) is 5.91 Å². The lowest BCUT2D eigenvalue weighted by Crippen LogP contribution is -2.26. The normalized spacial score (nSPS) is 10.8. The van der Waals surface area contributed by atoms with Crippen molar-refractivity contribution in [3.8, 4) is 17.2 Å². The van der Waals surface area contributed by atoms with Crippen LogP contribution in [0.3, 0.4) is 0 Å². The number of amides is 1. The zero-order valence-corrected chi connectivity index (χ0v) is 15.5. The third kappa shape index (κ3) is 3.08. The lowest BCUT2D eigenvalue weighted by atomic mass is 10.2. The van der Waals surface area contributed by atoms with Crippen molar-refractivity contribution < 1.29 is 23.4 Å².